The van der Waals surface area contributed by atoms with Gasteiger partial charge < -0.3 is 9.84 Å². The number of benzene rings is 2. The van der Waals surface area contributed by atoms with Gasteiger partial charge in [0.2, 0.25) is 17.6 Å². The van der Waals surface area contributed by atoms with Gasteiger partial charge in [0.1, 0.15) is 0 Å². The lowest BCUT2D eigenvalue weighted by Gasteiger charge is -2.02. The molecule has 2 aromatic carbocycles. The van der Waals surface area contributed by atoms with Crippen molar-refractivity contribution in [2.45, 2.75) is 19.9 Å². The van der Waals surface area contributed by atoms with Crippen molar-refractivity contribution in [3.05, 3.63) is 71.6 Å². The molecule has 0 aliphatic heterocycles. The largest absolute Gasteiger partial charge is 0.347 e. The number of hydrogen-bond acceptors (Lipinski definition) is 4. The van der Waals surface area contributed by atoms with Gasteiger partial charge in [0.05, 0.1) is 13.0 Å². The van der Waals surface area contributed by atoms with Gasteiger partial charge in [-0.05, 0) is 12.5 Å². The molecule has 0 aliphatic carbocycles. The van der Waals surface area contributed by atoms with Crippen LogP contribution >= 0.6 is 0 Å². The number of carbonyl (C=O) groups is 1. The van der Waals surface area contributed by atoms with Crippen molar-refractivity contribution in [1.29, 1.82) is 0 Å². The van der Waals surface area contributed by atoms with E-state index in [0.717, 1.165) is 11.1 Å². The second-order valence-electron chi connectivity index (χ2n) is 5.32. The average Bonchev–Trinajstić information content (AvgIpc) is 3.04. The number of amides is 1. The molecule has 0 atom stereocenters. The lowest BCUT2D eigenvalue weighted by atomic mass is 10.1. The van der Waals surface area contributed by atoms with Gasteiger partial charge in [-0.3, -0.25) is 4.79 Å². The summed E-state index contributed by atoms with van der Waals surface area (Å²) in [6, 6.07) is 17.5. The molecule has 0 fully saturated rings. The molecule has 0 bridgehead atoms. The lowest BCUT2D eigenvalue weighted by Crippen LogP contribution is -2.24. The monoisotopic (exact) mass is 307 g/mol. The van der Waals surface area contributed by atoms with Crippen LogP contribution in [0.2, 0.25) is 0 Å². The molecule has 1 heterocycles. The van der Waals surface area contributed by atoms with E-state index in [9.17, 15) is 4.79 Å². The fourth-order valence-corrected chi connectivity index (χ4v) is 2.16. The van der Waals surface area contributed by atoms with Gasteiger partial charge in [0, 0.05) is 5.56 Å². The Morgan fingerprint density at radius 2 is 1.83 bits per heavy atom. The molecule has 0 saturated carbocycles. The number of nitrogens with zero attached hydrogens (tertiary/aromatic N) is 2. The molecule has 1 N–H and O–H groups in total. The topological polar surface area (TPSA) is 68.0 Å². The number of rotatable bonds is 5. The molecule has 0 radical (unpaired) electrons. The molecule has 5 nitrogen and oxygen atoms in total. The Balaban J connectivity index is 1.57. The standard InChI is InChI=1S/C18H17N3O2/c1-13-7-9-15(10-8-13)18-20-17(23-21-18)12-19-16(22)11-14-5-3-2-4-6-14/h2-10H,11-12H2,1H3,(H,19,22). The predicted octanol–water partition coefficient (Wildman–Crippen LogP) is 2.90. The SMILES string of the molecule is Cc1ccc(-c2noc(CNC(=O)Cc3ccccc3)n2)cc1. The van der Waals surface area contributed by atoms with E-state index >= 15 is 0 Å². The molecule has 5 heteroatoms. The first-order valence-corrected chi connectivity index (χ1v) is 7.41. The summed E-state index contributed by atoms with van der Waals surface area (Å²) in [5.41, 5.74) is 3.03. The maximum Gasteiger partial charge on any atom is 0.246 e. The van der Waals surface area contributed by atoms with Gasteiger partial charge >= 0.3 is 0 Å². The van der Waals surface area contributed by atoms with Crippen LogP contribution in [0.3, 0.4) is 0 Å². The summed E-state index contributed by atoms with van der Waals surface area (Å²) in [6.07, 6.45) is 0.333. The zero-order chi connectivity index (χ0) is 16.1. The van der Waals surface area contributed by atoms with Crippen LogP contribution in [-0.4, -0.2) is 16.0 Å². The van der Waals surface area contributed by atoms with Gasteiger partial charge in [-0.2, -0.15) is 4.98 Å². The maximum absolute atomic E-state index is 11.9. The Kier molecular flexibility index (Phi) is 4.47. The molecule has 1 amide bonds. The number of aryl methyl sites for hydroxylation is 1. The second-order valence-corrected chi connectivity index (χ2v) is 5.32. The fraction of sp³-hybridized carbons (Fsp3) is 0.167. The highest BCUT2D eigenvalue weighted by Crippen LogP contribution is 2.16. The van der Waals surface area contributed by atoms with E-state index in [4.69, 9.17) is 4.52 Å². The quantitative estimate of drug-likeness (QED) is 0.787. The van der Waals surface area contributed by atoms with E-state index in [1.165, 1.54) is 5.56 Å². The molecule has 0 unspecified atom stereocenters. The minimum absolute atomic E-state index is 0.0775. The van der Waals surface area contributed by atoms with Crippen LogP contribution in [0, 0.1) is 6.92 Å². The number of nitrogens with one attached hydrogen (secondary N) is 1. The molecule has 116 valence electrons. The molecular weight excluding hydrogens is 290 g/mol. The third-order valence-electron chi connectivity index (χ3n) is 3.42. The minimum Gasteiger partial charge on any atom is -0.347 e. The number of carbonyl (C=O) groups excluding carboxylic acids is 1. The lowest BCUT2D eigenvalue weighted by molar-refractivity contribution is -0.120. The van der Waals surface area contributed by atoms with Crippen molar-refractivity contribution in [2.75, 3.05) is 0 Å². The zero-order valence-corrected chi connectivity index (χ0v) is 12.8. The highest BCUT2D eigenvalue weighted by Gasteiger charge is 2.10. The third kappa shape index (κ3) is 4.03. The minimum atomic E-state index is -0.0775. The molecule has 1 aromatic heterocycles. The summed E-state index contributed by atoms with van der Waals surface area (Å²) >= 11 is 0. The molecule has 23 heavy (non-hydrogen) atoms. The Labute approximate surface area is 134 Å². The summed E-state index contributed by atoms with van der Waals surface area (Å²) in [4.78, 5) is 16.2. The van der Waals surface area contributed by atoms with Crippen molar-refractivity contribution in [3.63, 3.8) is 0 Å². The summed E-state index contributed by atoms with van der Waals surface area (Å²) in [5.74, 6) is 0.839. The van der Waals surface area contributed by atoms with Crippen molar-refractivity contribution in [2.24, 2.45) is 0 Å². The molecule has 3 rings (SSSR count). The van der Waals surface area contributed by atoms with Gasteiger partial charge in [-0.25, -0.2) is 0 Å². The summed E-state index contributed by atoms with van der Waals surface area (Å²) in [5, 5.41) is 6.73. The molecule has 3 aromatic rings. The van der Waals surface area contributed by atoms with E-state index in [1.807, 2.05) is 61.5 Å². The maximum atomic E-state index is 11.9. The van der Waals surface area contributed by atoms with Crippen molar-refractivity contribution >= 4 is 5.91 Å². The van der Waals surface area contributed by atoms with E-state index < -0.39 is 0 Å². The van der Waals surface area contributed by atoms with Crippen LogP contribution in [0.4, 0.5) is 0 Å². The average molecular weight is 307 g/mol. The Hall–Kier alpha value is -2.95. The summed E-state index contributed by atoms with van der Waals surface area (Å²) in [7, 11) is 0. The second kappa shape index (κ2) is 6.87. The Morgan fingerprint density at radius 3 is 2.57 bits per heavy atom. The summed E-state index contributed by atoms with van der Waals surface area (Å²) < 4.78 is 5.17. The van der Waals surface area contributed by atoms with Gasteiger partial charge in [0.25, 0.3) is 0 Å². The first-order chi connectivity index (χ1) is 11.2. The van der Waals surface area contributed by atoms with Crippen LogP contribution in [0.25, 0.3) is 11.4 Å². The normalized spacial score (nSPS) is 10.5. The van der Waals surface area contributed by atoms with Crippen LogP contribution in [0.15, 0.2) is 59.1 Å². The van der Waals surface area contributed by atoms with Crippen molar-refractivity contribution in [3.8, 4) is 11.4 Å². The summed E-state index contributed by atoms with van der Waals surface area (Å²) in [6.45, 7) is 2.25. The van der Waals surface area contributed by atoms with Gasteiger partial charge in [0.15, 0.2) is 0 Å². The van der Waals surface area contributed by atoms with Gasteiger partial charge in [-0.1, -0.05) is 65.3 Å². The Morgan fingerprint density at radius 1 is 1.09 bits per heavy atom. The van der Waals surface area contributed by atoms with E-state index in [1.54, 1.807) is 0 Å². The molecule has 0 aliphatic rings. The van der Waals surface area contributed by atoms with Crippen LogP contribution in [0.1, 0.15) is 17.0 Å². The highest BCUT2D eigenvalue weighted by molar-refractivity contribution is 5.78. The van der Waals surface area contributed by atoms with Crippen molar-refractivity contribution < 1.29 is 9.32 Å². The van der Waals surface area contributed by atoms with Crippen LogP contribution in [-0.2, 0) is 17.8 Å². The fourth-order valence-electron chi connectivity index (χ4n) is 2.16. The highest BCUT2D eigenvalue weighted by atomic mass is 16.5. The van der Waals surface area contributed by atoms with Gasteiger partial charge in [-0.15, -0.1) is 0 Å². The van der Waals surface area contributed by atoms with E-state index in [2.05, 4.69) is 15.5 Å². The third-order valence-corrected chi connectivity index (χ3v) is 3.42. The van der Waals surface area contributed by atoms with Crippen LogP contribution in [0.5, 0.6) is 0 Å². The first-order valence-electron chi connectivity index (χ1n) is 7.41. The van der Waals surface area contributed by atoms with E-state index in [0.29, 0.717) is 18.1 Å². The van der Waals surface area contributed by atoms with E-state index in [-0.39, 0.29) is 12.5 Å². The molecular formula is C18H17N3O2. The number of hydrogen-bond donors (Lipinski definition) is 1. The Bertz CT molecular complexity index is 780. The zero-order valence-electron chi connectivity index (χ0n) is 12.8. The van der Waals surface area contributed by atoms with Crippen molar-refractivity contribution in [1.82, 2.24) is 15.5 Å². The first kappa shape index (κ1) is 15.0. The number of aromatic nitrogens is 2. The van der Waals surface area contributed by atoms with Crippen LogP contribution < -0.4 is 5.32 Å². The molecule has 0 saturated heterocycles. The smallest absolute Gasteiger partial charge is 0.246 e. The predicted molar refractivity (Wildman–Crippen MR) is 86.5 cm³/mol. The molecule has 0 spiro atoms.